The highest BCUT2D eigenvalue weighted by Crippen LogP contribution is 2.18. The van der Waals surface area contributed by atoms with E-state index in [2.05, 4.69) is 21.2 Å². The van der Waals surface area contributed by atoms with Crippen LogP contribution in [0.25, 0.3) is 6.08 Å². The Balaban J connectivity index is 1.78. The van der Waals surface area contributed by atoms with Crippen LogP contribution in [-0.4, -0.2) is 24.0 Å². The zero-order valence-corrected chi connectivity index (χ0v) is 13.4. The second-order valence-corrected chi connectivity index (χ2v) is 5.83. The number of hydrogen-bond acceptors (Lipinski definition) is 4. The van der Waals surface area contributed by atoms with Crippen molar-refractivity contribution >= 4 is 33.9 Å². The van der Waals surface area contributed by atoms with E-state index in [1.165, 1.54) is 12.2 Å². The van der Waals surface area contributed by atoms with Crippen molar-refractivity contribution in [2.24, 2.45) is 0 Å². The molecule has 1 atom stereocenters. The van der Waals surface area contributed by atoms with E-state index in [-0.39, 0.29) is 11.9 Å². The number of ether oxygens (including phenoxy) is 1. The number of hydrogen-bond donors (Lipinski definition) is 1. The summed E-state index contributed by atoms with van der Waals surface area (Å²) in [6, 6.07) is 3.65. The topological polar surface area (TPSA) is 68.5 Å². The first kappa shape index (κ1) is 15.8. The summed E-state index contributed by atoms with van der Waals surface area (Å²) in [4.78, 5) is 23.5. The molecule has 1 aromatic heterocycles. The molecule has 1 N–H and O–H groups in total. The molecule has 0 saturated heterocycles. The minimum Gasteiger partial charge on any atom is -0.450 e. The van der Waals surface area contributed by atoms with E-state index in [0.717, 1.165) is 25.7 Å². The molecule has 2 rings (SSSR count). The van der Waals surface area contributed by atoms with E-state index in [4.69, 9.17) is 9.15 Å². The van der Waals surface area contributed by atoms with Gasteiger partial charge in [-0.1, -0.05) is 12.8 Å². The molecule has 1 aromatic rings. The Morgan fingerprint density at radius 3 is 2.76 bits per heavy atom. The van der Waals surface area contributed by atoms with Gasteiger partial charge in [0.05, 0.1) is 0 Å². The lowest BCUT2D eigenvalue weighted by Gasteiger charge is -2.16. The van der Waals surface area contributed by atoms with Crippen LogP contribution in [0, 0.1) is 0 Å². The minimum absolute atomic E-state index is 0.217. The Morgan fingerprint density at radius 1 is 1.43 bits per heavy atom. The summed E-state index contributed by atoms with van der Waals surface area (Å²) in [5.41, 5.74) is 0. The number of rotatable bonds is 5. The molecule has 0 aromatic carbocycles. The van der Waals surface area contributed by atoms with Gasteiger partial charge in [-0.25, -0.2) is 4.79 Å². The van der Waals surface area contributed by atoms with E-state index >= 15 is 0 Å². The van der Waals surface area contributed by atoms with Crippen LogP contribution >= 0.6 is 15.9 Å². The molecule has 0 spiro atoms. The number of furan rings is 1. The van der Waals surface area contributed by atoms with Crippen LogP contribution in [0.15, 0.2) is 27.3 Å². The fourth-order valence-electron chi connectivity index (χ4n) is 2.22. The molecule has 6 heteroatoms. The van der Waals surface area contributed by atoms with Gasteiger partial charge in [0.1, 0.15) is 5.76 Å². The highest BCUT2D eigenvalue weighted by Gasteiger charge is 2.22. The number of nitrogens with one attached hydrogen (secondary N) is 1. The summed E-state index contributed by atoms with van der Waals surface area (Å²) in [6.07, 6.45) is 6.21. The Hall–Kier alpha value is -1.56. The maximum Gasteiger partial charge on any atom is 0.331 e. The van der Waals surface area contributed by atoms with Crippen LogP contribution in [0.1, 0.15) is 38.4 Å². The number of esters is 1. The van der Waals surface area contributed by atoms with Gasteiger partial charge in [-0.3, -0.25) is 4.79 Å². The molecule has 114 valence electrons. The van der Waals surface area contributed by atoms with Crippen molar-refractivity contribution in [2.45, 2.75) is 44.8 Å². The molecule has 1 aliphatic carbocycles. The normalized spacial score (nSPS) is 17.0. The van der Waals surface area contributed by atoms with Gasteiger partial charge in [-0.05, 0) is 53.9 Å². The number of amides is 1. The predicted molar refractivity (Wildman–Crippen MR) is 81.4 cm³/mol. The zero-order chi connectivity index (χ0) is 15.2. The first-order chi connectivity index (χ1) is 10.0. The molecule has 21 heavy (non-hydrogen) atoms. The second-order valence-electron chi connectivity index (χ2n) is 5.04. The molecule has 0 bridgehead atoms. The molecule has 0 aliphatic heterocycles. The van der Waals surface area contributed by atoms with E-state index in [9.17, 15) is 9.59 Å². The van der Waals surface area contributed by atoms with Gasteiger partial charge in [0.2, 0.25) is 0 Å². The number of carbonyl (C=O) groups excluding carboxylic acids is 2. The van der Waals surface area contributed by atoms with E-state index in [0.29, 0.717) is 10.4 Å². The van der Waals surface area contributed by atoms with Crippen molar-refractivity contribution in [2.75, 3.05) is 0 Å². The molecule has 1 aliphatic rings. The largest absolute Gasteiger partial charge is 0.450 e. The standard InChI is InChI=1S/C15H18BrNO4/c1-10(15(19)17-11-4-2-3-5-11)20-14(18)9-7-12-6-8-13(16)21-12/h6-11H,2-5H2,1H3,(H,17,19)/b9-7+/t10-/m0/s1. The maximum atomic E-state index is 11.9. The average molecular weight is 356 g/mol. The van der Waals surface area contributed by atoms with Crippen molar-refractivity contribution in [3.8, 4) is 0 Å². The number of halogens is 1. The third-order valence-electron chi connectivity index (χ3n) is 3.34. The van der Waals surface area contributed by atoms with Gasteiger partial charge in [0, 0.05) is 12.1 Å². The minimum atomic E-state index is -0.800. The predicted octanol–water partition coefficient (Wildman–Crippen LogP) is 3.05. The van der Waals surface area contributed by atoms with Crippen LogP contribution in [0.2, 0.25) is 0 Å². The lowest BCUT2D eigenvalue weighted by molar-refractivity contribution is -0.150. The van der Waals surface area contributed by atoms with Crippen molar-refractivity contribution in [3.05, 3.63) is 28.6 Å². The fraction of sp³-hybridized carbons (Fsp3) is 0.467. The molecule has 1 heterocycles. The summed E-state index contributed by atoms with van der Waals surface area (Å²) in [7, 11) is 0. The van der Waals surface area contributed by atoms with Crippen molar-refractivity contribution in [1.82, 2.24) is 5.32 Å². The lowest BCUT2D eigenvalue weighted by atomic mass is 10.2. The Bertz CT molecular complexity index is 532. The first-order valence-corrected chi connectivity index (χ1v) is 7.78. The summed E-state index contributed by atoms with van der Waals surface area (Å²) < 4.78 is 10.9. The van der Waals surface area contributed by atoms with Crippen molar-refractivity contribution < 1.29 is 18.7 Å². The summed E-state index contributed by atoms with van der Waals surface area (Å²) in [5, 5.41) is 2.90. The van der Waals surface area contributed by atoms with Gasteiger partial charge < -0.3 is 14.5 Å². The van der Waals surface area contributed by atoms with Crippen LogP contribution in [0.3, 0.4) is 0 Å². The highest BCUT2D eigenvalue weighted by molar-refractivity contribution is 9.10. The molecule has 1 amide bonds. The molecular formula is C15H18BrNO4. The van der Waals surface area contributed by atoms with Crippen LogP contribution in [0.5, 0.6) is 0 Å². The van der Waals surface area contributed by atoms with Gasteiger partial charge in [0.25, 0.3) is 5.91 Å². The highest BCUT2D eigenvalue weighted by atomic mass is 79.9. The van der Waals surface area contributed by atoms with Gasteiger partial charge >= 0.3 is 5.97 Å². The zero-order valence-electron chi connectivity index (χ0n) is 11.8. The van der Waals surface area contributed by atoms with E-state index < -0.39 is 12.1 Å². The SMILES string of the molecule is C[C@H](OC(=O)/C=C/c1ccc(Br)o1)C(=O)NC1CCCC1. The molecular weight excluding hydrogens is 338 g/mol. The average Bonchev–Trinajstić information content (AvgIpc) is 3.08. The summed E-state index contributed by atoms with van der Waals surface area (Å²) in [5.74, 6) is -0.289. The summed E-state index contributed by atoms with van der Waals surface area (Å²) in [6.45, 7) is 1.57. The Labute approximate surface area is 131 Å². The number of carbonyl (C=O) groups is 2. The van der Waals surface area contributed by atoms with Crippen LogP contribution in [-0.2, 0) is 14.3 Å². The third-order valence-corrected chi connectivity index (χ3v) is 3.77. The molecule has 1 saturated carbocycles. The van der Waals surface area contributed by atoms with Crippen molar-refractivity contribution in [1.29, 1.82) is 0 Å². The van der Waals surface area contributed by atoms with Crippen molar-refractivity contribution in [3.63, 3.8) is 0 Å². The van der Waals surface area contributed by atoms with Gasteiger partial charge in [-0.15, -0.1) is 0 Å². The Morgan fingerprint density at radius 2 is 2.14 bits per heavy atom. The smallest absolute Gasteiger partial charge is 0.331 e. The quantitative estimate of drug-likeness (QED) is 0.650. The second kappa shape index (κ2) is 7.45. The first-order valence-electron chi connectivity index (χ1n) is 6.99. The fourth-order valence-corrected chi connectivity index (χ4v) is 2.54. The van der Waals surface area contributed by atoms with E-state index in [1.807, 2.05) is 0 Å². The monoisotopic (exact) mass is 355 g/mol. The molecule has 0 radical (unpaired) electrons. The summed E-state index contributed by atoms with van der Waals surface area (Å²) >= 11 is 3.17. The lowest BCUT2D eigenvalue weighted by Crippen LogP contribution is -2.40. The van der Waals surface area contributed by atoms with E-state index in [1.54, 1.807) is 19.1 Å². The Kier molecular flexibility index (Phi) is 5.61. The molecule has 5 nitrogen and oxygen atoms in total. The van der Waals surface area contributed by atoms with Gasteiger partial charge in [0.15, 0.2) is 10.8 Å². The maximum absolute atomic E-state index is 11.9. The third kappa shape index (κ3) is 5.04. The van der Waals surface area contributed by atoms with Crippen LogP contribution in [0.4, 0.5) is 0 Å². The molecule has 0 unspecified atom stereocenters. The van der Waals surface area contributed by atoms with Gasteiger partial charge in [-0.2, -0.15) is 0 Å². The van der Waals surface area contributed by atoms with Crippen LogP contribution < -0.4 is 5.32 Å². The molecule has 1 fully saturated rings.